The molecule has 0 bridgehead atoms. The highest BCUT2D eigenvalue weighted by molar-refractivity contribution is 5.56. The highest BCUT2D eigenvalue weighted by atomic mass is 15.3. The molecule has 2 fully saturated rings. The van der Waals surface area contributed by atoms with Crippen molar-refractivity contribution in [3.63, 3.8) is 0 Å². The topological polar surface area (TPSA) is 9.72 Å². The van der Waals surface area contributed by atoms with Crippen LogP contribution in [0.4, 0.5) is 11.4 Å². The Balaban J connectivity index is 1.78. The first-order valence-electron chi connectivity index (χ1n) is 8.47. The minimum Gasteiger partial charge on any atom is -0.378 e. The lowest BCUT2D eigenvalue weighted by molar-refractivity contribution is 0.111. The number of nitrogens with zero attached hydrogens (tertiary/aromatic N) is 3. The summed E-state index contributed by atoms with van der Waals surface area (Å²) < 4.78 is 0. The van der Waals surface area contributed by atoms with Crippen LogP contribution >= 0.6 is 0 Å². The maximum Gasteiger partial charge on any atom is 0.0415 e. The van der Waals surface area contributed by atoms with Crippen molar-refractivity contribution < 1.29 is 0 Å². The number of piperazine rings is 1. The monoisotopic (exact) mass is 287 g/mol. The predicted octanol–water partition coefficient (Wildman–Crippen LogP) is 3.21. The molecular weight excluding hydrogens is 258 g/mol. The first kappa shape index (κ1) is 14.7. The van der Waals surface area contributed by atoms with E-state index in [-0.39, 0.29) is 0 Å². The Morgan fingerprint density at radius 3 is 2.52 bits per heavy atom. The van der Waals surface area contributed by atoms with E-state index in [1.165, 1.54) is 56.7 Å². The Bertz CT molecular complexity index is 454. The molecule has 3 nitrogen and oxygen atoms in total. The van der Waals surface area contributed by atoms with Gasteiger partial charge < -0.3 is 9.80 Å². The van der Waals surface area contributed by atoms with Crippen molar-refractivity contribution >= 4 is 11.4 Å². The van der Waals surface area contributed by atoms with Gasteiger partial charge in [0.1, 0.15) is 0 Å². The predicted molar refractivity (Wildman–Crippen MR) is 91.4 cm³/mol. The molecule has 0 spiro atoms. The lowest BCUT2D eigenvalue weighted by Gasteiger charge is -2.49. The summed E-state index contributed by atoms with van der Waals surface area (Å²) in [6.45, 7) is 6.10. The molecule has 2 saturated heterocycles. The third-order valence-corrected chi connectivity index (χ3v) is 5.21. The summed E-state index contributed by atoms with van der Waals surface area (Å²) in [5.41, 5.74) is 2.68. The molecule has 0 amide bonds. The largest absolute Gasteiger partial charge is 0.378 e. The molecule has 0 N–H and O–H groups in total. The summed E-state index contributed by atoms with van der Waals surface area (Å²) in [5, 5.41) is 0. The third-order valence-electron chi connectivity index (χ3n) is 5.21. The van der Waals surface area contributed by atoms with E-state index in [0.29, 0.717) is 6.04 Å². The number of anilines is 2. The first-order valence-corrected chi connectivity index (χ1v) is 8.47. The molecule has 3 heteroatoms. The molecule has 2 aliphatic rings. The zero-order valence-electron chi connectivity index (χ0n) is 13.8. The minimum absolute atomic E-state index is 0.671. The van der Waals surface area contributed by atoms with Gasteiger partial charge in [-0.1, -0.05) is 13.3 Å². The Morgan fingerprint density at radius 1 is 1.10 bits per heavy atom. The summed E-state index contributed by atoms with van der Waals surface area (Å²) >= 11 is 0. The third kappa shape index (κ3) is 3.03. The van der Waals surface area contributed by atoms with Crippen LogP contribution in [0.1, 0.15) is 32.6 Å². The Morgan fingerprint density at radius 2 is 1.86 bits per heavy atom. The van der Waals surface area contributed by atoms with E-state index in [0.717, 1.165) is 6.04 Å². The van der Waals surface area contributed by atoms with Gasteiger partial charge >= 0.3 is 0 Å². The normalized spacial score (nSPS) is 26.5. The van der Waals surface area contributed by atoms with Crippen LogP contribution in [0, 0.1) is 0 Å². The number of piperidine rings is 1. The molecule has 1 aromatic carbocycles. The van der Waals surface area contributed by atoms with Crippen LogP contribution in [0.25, 0.3) is 0 Å². The van der Waals surface area contributed by atoms with Crippen LogP contribution in [-0.4, -0.2) is 50.7 Å². The molecule has 1 aromatic rings. The van der Waals surface area contributed by atoms with E-state index >= 15 is 0 Å². The second kappa shape index (κ2) is 6.27. The van der Waals surface area contributed by atoms with E-state index in [2.05, 4.69) is 60.0 Å². The number of fused-ring (bicyclic) bond motifs is 1. The second-order valence-electron chi connectivity index (χ2n) is 6.77. The van der Waals surface area contributed by atoms with Gasteiger partial charge in [-0.25, -0.2) is 0 Å². The van der Waals surface area contributed by atoms with Gasteiger partial charge in [-0.05, 0) is 50.1 Å². The van der Waals surface area contributed by atoms with Crippen molar-refractivity contribution in [3.05, 3.63) is 24.3 Å². The smallest absolute Gasteiger partial charge is 0.0415 e. The van der Waals surface area contributed by atoms with E-state index < -0.39 is 0 Å². The molecule has 2 atom stereocenters. The summed E-state index contributed by atoms with van der Waals surface area (Å²) in [5.74, 6) is 0. The lowest BCUT2D eigenvalue weighted by atomic mass is 9.95. The number of rotatable bonds is 3. The fourth-order valence-electron chi connectivity index (χ4n) is 3.86. The van der Waals surface area contributed by atoms with Crippen LogP contribution in [0.5, 0.6) is 0 Å². The highest BCUT2D eigenvalue weighted by Gasteiger charge is 2.34. The quantitative estimate of drug-likeness (QED) is 0.845. The summed E-state index contributed by atoms with van der Waals surface area (Å²) in [7, 11) is 4.20. The summed E-state index contributed by atoms with van der Waals surface area (Å²) in [6, 6.07) is 10.5. The summed E-state index contributed by atoms with van der Waals surface area (Å²) in [4.78, 5) is 7.56. The van der Waals surface area contributed by atoms with Gasteiger partial charge in [-0.15, -0.1) is 0 Å². The Labute approximate surface area is 129 Å². The molecular formula is C18H29N3. The molecule has 0 saturated carbocycles. The molecule has 2 unspecified atom stereocenters. The maximum absolute atomic E-state index is 2.74. The van der Waals surface area contributed by atoms with E-state index in [9.17, 15) is 0 Å². The molecule has 3 rings (SSSR count). The van der Waals surface area contributed by atoms with E-state index in [1.807, 2.05) is 0 Å². The first-order chi connectivity index (χ1) is 10.2. The highest BCUT2D eigenvalue weighted by Crippen LogP contribution is 2.30. The fraction of sp³-hybridized carbons (Fsp3) is 0.667. The molecule has 21 heavy (non-hydrogen) atoms. The minimum atomic E-state index is 0.671. The van der Waals surface area contributed by atoms with Crippen LogP contribution in [-0.2, 0) is 0 Å². The molecule has 2 aliphatic heterocycles. The molecule has 116 valence electrons. The van der Waals surface area contributed by atoms with Gasteiger partial charge in [0.2, 0.25) is 0 Å². The lowest BCUT2D eigenvalue weighted by Crippen LogP contribution is -2.59. The molecule has 0 aromatic heterocycles. The second-order valence-corrected chi connectivity index (χ2v) is 6.77. The van der Waals surface area contributed by atoms with Gasteiger partial charge in [-0.3, -0.25) is 4.90 Å². The van der Waals surface area contributed by atoms with Crippen LogP contribution in [0.2, 0.25) is 0 Å². The van der Waals surface area contributed by atoms with Gasteiger partial charge in [0.15, 0.2) is 0 Å². The van der Waals surface area contributed by atoms with Crippen molar-refractivity contribution in [1.29, 1.82) is 0 Å². The maximum atomic E-state index is 2.74. The van der Waals surface area contributed by atoms with Crippen molar-refractivity contribution in [3.8, 4) is 0 Å². The van der Waals surface area contributed by atoms with Crippen molar-refractivity contribution in [2.75, 3.05) is 43.5 Å². The summed E-state index contributed by atoms with van der Waals surface area (Å²) in [6.07, 6.45) is 5.41. The fourth-order valence-corrected chi connectivity index (χ4v) is 3.86. The van der Waals surface area contributed by atoms with Gasteiger partial charge in [0.25, 0.3) is 0 Å². The van der Waals surface area contributed by atoms with Crippen molar-refractivity contribution in [2.45, 2.75) is 44.7 Å². The zero-order valence-corrected chi connectivity index (χ0v) is 13.8. The van der Waals surface area contributed by atoms with Crippen LogP contribution < -0.4 is 9.80 Å². The zero-order chi connectivity index (χ0) is 14.8. The molecule has 0 aliphatic carbocycles. The SMILES string of the molecule is CCC1CN2CCCCC2CN1c1ccc(N(C)C)cc1. The number of benzene rings is 1. The molecule has 0 radical (unpaired) electrons. The average Bonchev–Trinajstić information content (AvgIpc) is 2.53. The average molecular weight is 287 g/mol. The Hall–Kier alpha value is -1.22. The number of hydrogen-bond acceptors (Lipinski definition) is 3. The standard InChI is InChI=1S/C18H29N3/c1-4-15-13-20-12-6-5-7-18(20)14-21(15)17-10-8-16(9-11-17)19(2)3/h8-11,15,18H,4-7,12-14H2,1-3H3. The van der Waals surface area contributed by atoms with Gasteiger partial charge in [-0.2, -0.15) is 0 Å². The van der Waals surface area contributed by atoms with E-state index in [1.54, 1.807) is 0 Å². The molecule has 2 heterocycles. The van der Waals surface area contributed by atoms with Crippen molar-refractivity contribution in [2.24, 2.45) is 0 Å². The van der Waals surface area contributed by atoms with Crippen molar-refractivity contribution in [1.82, 2.24) is 4.90 Å². The Kier molecular flexibility index (Phi) is 4.39. The van der Waals surface area contributed by atoms with Gasteiger partial charge in [0, 0.05) is 50.6 Å². The van der Waals surface area contributed by atoms with Crippen LogP contribution in [0.15, 0.2) is 24.3 Å². The number of hydrogen-bond donors (Lipinski definition) is 0. The van der Waals surface area contributed by atoms with Gasteiger partial charge in [0.05, 0.1) is 0 Å². The van der Waals surface area contributed by atoms with Crippen LogP contribution in [0.3, 0.4) is 0 Å². The van der Waals surface area contributed by atoms with E-state index in [4.69, 9.17) is 0 Å².